The van der Waals surface area contributed by atoms with Gasteiger partial charge in [-0.25, -0.2) is 0 Å². The van der Waals surface area contributed by atoms with E-state index in [0.29, 0.717) is 30.1 Å². The molecule has 0 saturated heterocycles. The molecule has 0 aromatic carbocycles. The van der Waals surface area contributed by atoms with E-state index in [0.717, 1.165) is 12.8 Å². The topological polar surface area (TPSA) is 0 Å². The van der Waals surface area contributed by atoms with Gasteiger partial charge in [-0.05, 0) is 42.9 Å². The highest BCUT2D eigenvalue weighted by Gasteiger charge is 2.61. The highest BCUT2D eigenvalue weighted by molar-refractivity contribution is 5.07. The van der Waals surface area contributed by atoms with Crippen molar-refractivity contribution < 1.29 is 13.2 Å². The van der Waals surface area contributed by atoms with Gasteiger partial charge in [0, 0.05) is 0 Å². The lowest BCUT2D eigenvalue weighted by molar-refractivity contribution is -0.185. The van der Waals surface area contributed by atoms with E-state index in [1.54, 1.807) is 0 Å². The van der Waals surface area contributed by atoms with Gasteiger partial charge in [-0.3, -0.25) is 0 Å². The van der Waals surface area contributed by atoms with E-state index in [1.807, 2.05) is 0 Å². The summed E-state index contributed by atoms with van der Waals surface area (Å²) in [4.78, 5) is 0. The summed E-state index contributed by atoms with van der Waals surface area (Å²) < 4.78 is 37.4. The zero-order chi connectivity index (χ0) is 10.6. The largest absolute Gasteiger partial charge is 0.391 e. The van der Waals surface area contributed by atoms with Crippen LogP contribution < -0.4 is 0 Å². The predicted octanol–water partition coefficient (Wildman–Crippen LogP) is 4.01. The van der Waals surface area contributed by atoms with E-state index in [4.69, 9.17) is 0 Å². The Hall–Kier alpha value is -0.210. The summed E-state index contributed by atoms with van der Waals surface area (Å²) in [5.41, 5.74) is 0.293. The van der Waals surface area contributed by atoms with Crippen molar-refractivity contribution in [1.82, 2.24) is 0 Å². The number of alkyl halides is 3. The average Bonchev–Trinajstić information content (AvgIpc) is 2.75. The molecule has 2 aliphatic rings. The molecule has 3 atom stereocenters. The fraction of sp³-hybridized carbons (Fsp3) is 1.00. The molecule has 2 saturated carbocycles. The summed E-state index contributed by atoms with van der Waals surface area (Å²) in [6, 6.07) is 0. The van der Waals surface area contributed by atoms with Crippen LogP contribution in [0.2, 0.25) is 0 Å². The molecule has 14 heavy (non-hydrogen) atoms. The van der Waals surface area contributed by atoms with Gasteiger partial charge in [-0.1, -0.05) is 13.8 Å². The van der Waals surface area contributed by atoms with Crippen LogP contribution in [-0.4, -0.2) is 6.18 Å². The molecular formula is C11H17F3. The quantitative estimate of drug-likeness (QED) is 0.608. The second kappa shape index (κ2) is 2.89. The second-order valence-electron chi connectivity index (χ2n) is 5.30. The SMILES string of the molecule is CC(C)[C@]12CC[C@@H](C(F)(F)F)CC1C2. The minimum Gasteiger partial charge on any atom is -0.171 e. The Morgan fingerprint density at radius 3 is 2.36 bits per heavy atom. The van der Waals surface area contributed by atoms with Crippen LogP contribution >= 0.6 is 0 Å². The molecule has 2 aliphatic carbocycles. The van der Waals surface area contributed by atoms with Crippen LogP contribution in [0, 0.1) is 23.2 Å². The van der Waals surface area contributed by atoms with Crippen LogP contribution in [0.25, 0.3) is 0 Å². The maximum Gasteiger partial charge on any atom is 0.391 e. The van der Waals surface area contributed by atoms with E-state index in [-0.39, 0.29) is 0 Å². The Morgan fingerprint density at radius 2 is 1.93 bits per heavy atom. The number of hydrogen-bond donors (Lipinski definition) is 0. The van der Waals surface area contributed by atoms with Crippen molar-refractivity contribution in [2.75, 3.05) is 0 Å². The van der Waals surface area contributed by atoms with Crippen LogP contribution in [0.5, 0.6) is 0 Å². The predicted molar refractivity (Wildman–Crippen MR) is 48.8 cm³/mol. The molecule has 0 aromatic heterocycles. The first-order valence-electron chi connectivity index (χ1n) is 5.43. The first-order chi connectivity index (χ1) is 6.36. The summed E-state index contributed by atoms with van der Waals surface area (Å²) in [6.45, 7) is 4.29. The van der Waals surface area contributed by atoms with E-state index < -0.39 is 12.1 Å². The van der Waals surface area contributed by atoms with E-state index >= 15 is 0 Å². The maximum absolute atomic E-state index is 12.5. The van der Waals surface area contributed by atoms with Crippen LogP contribution in [0.1, 0.15) is 39.5 Å². The van der Waals surface area contributed by atoms with Crippen LogP contribution in [-0.2, 0) is 0 Å². The fourth-order valence-electron chi connectivity index (χ4n) is 3.22. The lowest BCUT2D eigenvalue weighted by Gasteiger charge is -2.31. The summed E-state index contributed by atoms with van der Waals surface area (Å²) in [6.07, 6.45) is -1.37. The van der Waals surface area contributed by atoms with Gasteiger partial charge in [0.05, 0.1) is 5.92 Å². The Labute approximate surface area is 82.9 Å². The maximum atomic E-state index is 12.5. The molecule has 0 heterocycles. The van der Waals surface area contributed by atoms with Gasteiger partial charge < -0.3 is 0 Å². The Bertz CT molecular complexity index is 231. The summed E-state index contributed by atoms with van der Waals surface area (Å²) in [5.74, 6) is -0.0913. The van der Waals surface area contributed by atoms with Crippen molar-refractivity contribution in [3.8, 4) is 0 Å². The summed E-state index contributed by atoms with van der Waals surface area (Å²) in [7, 11) is 0. The Morgan fingerprint density at radius 1 is 1.29 bits per heavy atom. The Balaban J connectivity index is 1.99. The lowest BCUT2D eigenvalue weighted by Crippen LogP contribution is -2.30. The molecule has 2 fully saturated rings. The third-order valence-electron chi connectivity index (χ3n) is 4.42. The molecule has 3 heteroatoms. The van der Waals surface area contributed by atoms with Crippen LogP contribution in [0.3, 0.4) is 0 Å². The monoisotopic (exact) mass is 206 g/mol. The van der Waals surface area contributed by atoms with Gasteiger partial charge in [0.1, 0.15) is 0 Å². The minimum absolute atomic E-state index is 0.293. The zero-order valence-electron chi connectivity index (χ0n) is 8.69. The van der Waals surface area contributed by atoms with Crippen molar-refractivity contribution in [2.45, 2.75) is 45.7 Å². The van der Waals surface area contributed by atoms with Crippen molar-refractivity contribution in [3.63, 3.8) is 0 Å². The second-order valence-corrected chi connectivity index (χ2v) is 5.30. The van der Waals surface area contributed by atoms with Crippen molar-refractivity contribution >= 4 is 0 Å². The molecule has 0 spiro atoms. The Kier molecular flexibility index (Phi) is 2.13. The van der Waals surface area contributed by atoms with Gasteiger partial charge in [0.15, 0.2) is 0 Å². The normalized spacial score (nSPS) is 42.4. The molecule has 0 aliphatic heterocycles. The average molecular weight is 206 g/mol. The molecule has 2 rings (SSSR count). The van der Waals surface area contributed by atoms with E-state index in [9.17, 15) is 13.2 Å². The number of rotatable bonds is 1. The van der Waals surface area contributed by atoms with Crippen molar-refractivity contribution in [2.24, 2.45) is 23.2 Å². The molecule has 0 nitrogen and oxygen atoms in total. The fourth-order valence-corrected chi connectivity index (χ4v) is 3.22. The van der Waals surface area contributed by atoms with Gasteiger partial charge in [0.2, 0.25) is 0 Å². The first kappa shape index (κ1) is 10.3. The molecule has 0 radical (unpaired) electrons. The highest BCUT2D eigenvalue weighted by Crippen LogP contribution is 2.67. The molecule has 0 amide bonds. The third-order valence-corrected chi connectivity index (χ3v) is 4.42. The van der Waals surface area contributed by atoms with E-state index in [1.165, 1.54) is 0 Å². The minimum atomic E-state index is -3.95. The van der Waals surface area contributed by atoms with Gasteiger partial charge >= 0.3 is 6.18 Å². The van der Waals surface area contributed by atoms with E-state index in [2.05, 4.69) is 13.8 Å². The molecule has 0 bridgehead atoms. The lowest BCUT2D eigenvalue weighted by atomic mass is 9.76. The summed E-state index contributed by atoms with van der Waals surface area (Å²) in [5, 5.41) is 0. The first-order valence-corrected chi connectivity index (χ1v) is 5.43. The molecule has 0 N–H and O–H groups in total. The molecule has 1 unspecified atom stereocenters. The zero-order valence-corrected chi connectivity index (χ0v) is 8.69. The smallest absolute Gasteiger partial charge is 0.171 e. The number of halogens is 3. The summed E-state index contributed by atoms with van der Waals surface area (Å²) >= 11 is 0. The van der Waals surface area contributed by atoms with Gasteiger partial charge in [-0.15, -0.1) is 0 Å². The molecule has 0 aromatic rings. The highest BCUT2D eigenvalue weighted by atomic mass is 19.4. The molecular weight excluding hydrogens is 189 g/mol. The third kappa shape index (κ3) is 1.45. The van der Waals surface area contributed by atoms with Crippen molar-refractivity contribution in [3.05, 3.63) is 0 Å². The number of fused-ring (bicyclic) bond motifs is 1. The van der Waals surface area contributed by atoms with Crippen LogP contribution in [0.15, 0.2) is 0 Å². The van der Waals surface area contributed by atoms with Gasteiger partial charge in [-0.2, -0.15) is 13.2 Å². The standard InChI is InChI=1S/C11H17F3/c1-7(2)10-4-3-8(11(12,13)14)5-9(10)6-10/h7-9H,3-6H2,1-2H3/t8-,9?,10-/m1/s1. The van der Waals surface area contributed by atoms with Crippen molar-refractivity contribution in [1.29, 1.82) is 0 Å². The number of hydrogen-bond acceptors (Lipinski definition) is 0. The van der Waals surface area contributed by atoms with Crippen LogP contribution in [0.4, 0.5) is 13.2 Å². The van der Waals surface area contributed by atoms with Gasteiger partial charge in [0.25, 0.3) is 0 Å². The molecule has 82 valence electrons.